The first kappa shape index (κ1) is 15.8. The number of phenolic OH excluding ortho intramolecular Hbond substituents is 1. The molecule has 0 aliphatic heterocycles. The van der Waals surface area contributed by atoms with Crippen LogP contribution in [0.4, 0.5) is 11.5 Å². The Balaban J connectivity index is 1.89. The molecule has 7 nitrogen and oxygen atoms in total. The monoisotopic (exact) mass is 346 g/mol. The molecule has 2 heterocycles. The number of nitrogens with zero attached hydrogens (tertiary/aromatic N) is 4. The van der Waals surface area contributed by atoms with E-state index in [2.05, 4.69) is 15.2 Å². The Morgan fingerprint density at radius 3 is 2.65 bits per heavy atom. The predicted molar refractivity (Wildman–Crippen MR) is 96.7 cm³/mol. The fraction of sp³-hybridized carbons (Fsp3) is 0.0526. The molecule has 4 rings (SSSR count). The van der Waals surface area contributed by atoms with Crippen molar-refractivity contribution in [3.63, 3.8) is 0 Å². The van der Waals surface area contributed by atoms with Gasteiger partial charge in [-0.25, -0.2) is 9.78 Å². The van der Waals surface area contributed by atoms with Crippen LogP contribution in [-0.4, -0.2) is 25.6 Å². The van der Waals surface area contributed by atoms with Gasteiger partial charge in [0.05, 0.1) is 5.69 Å². The number of aromatic hydroxyl groups is 1. The van der Waals surface area contributed by atoms with Gasteiger partial charge in [-0.05, 0) is 36.8 Å². The molecule has 0 saturated heterocycles. The Labute approximate surface area is 147 Å². The molecule has 0 spiro atoms. The number of aromatic nitrogens is 2. The molecule has 0 radical (unpaired) electrons. The lowest BCUT2D eigenvalue weighted by Gasteiger charge is -2.03. The Morgan fingerprint density at radius 2 is 1.85 bits per heavy atom. The third-order valence-electron chi connectivity index (χ3n) is 4.09. The quantitative estimate of drug-likeness (QED) is 0.529. The summed E-state index contributed by atoms with van der Waals surface area (Å²) in [5.41, 5.74) is 1.82. The van der Waals surface area contributed by atoms with E-state index in [-0.39, 0.29) is 17.3 Å². The van der Waals surface area contributed by atoms with Crippen LogP contribution in [0, 0.1) is 6.92 Å². The summed E-state index contributed by atoms with van der Waals surface area (Å²) in [5.74, 6) is -0.878. The van der Waals surface area contributed by atoms with Crippen LogP contribution in [0.2, 0.25) is 0 Å². The molecule has 2 aromatic carbocycles. The first-order valence-electron chi connectivity index (χ1n) is 7.89. The van der Waals surface area contributed by atoms with Gasteiger partial charge in [0, 0.05) is 17.0 Å². The fourth-order valence-electron chi connectivity index (χ4n) is 2.84. The normalized spacial score (nSPS) is 11.6. The number of hydrogen-bond acceptors (Lipinski definition) is 5. The summed E-state index contributed by atoms with van der Waals surface area (Å²) in [4.78, 5) is 15.7. The smallest absolute Gasteiger partial charge is 0.358 e. The molecule has 26 heavy (non-hydrogen) atoms. The molecule has 0 atom stereocenters. The van der Waals surface area contributed by atoms with Crippen LogP contribution in [0.25, 0.3) is 16.4 Å². The zero-order chi connectivity index (χ0) is 18.3. The third-order valence-corrected chi connectivity index (χ3v) is 4.09. The minimum absolute atomic E-state index is 0.143. The van der Waals surface area contributed by atoms with Gasteiger partial charge in [-0.3, -0.25) is 4.40 Å². The fourth-order valence-corrected chi connectivity index (χ4v) is 2.84. The molecule has 0 fully saturated rings. The molecule has 0 saturated carbocycles. The molecule has 0 aliphatic rings. The zero-order valence-corrected chi connectivity index (χ0v) is 13.8. The predicted octanol–water partition coefficient (Wildman–Crippen LogP) is 4.62. The Hall–Kier alpha value is -3.74. The highest BCUT2D eigenvalue weighted by Gasteiger charge is 2.18. The Morgan fingerprint density at radius 1 is 1.08 bits per heavy atom. The third kappa shape index (κ3) is 2.55. The minimum atomic E-state index is -1.17. The summed E-state index contributed by atoms with van der Waals surface area (Å²) in [6.45, 7) is 1.90. The number of pyridine rings is 1. The molecule has 2 aromatic heterocycles. The first-order valence-corrected chi connectivity index (χ1v) is 7.89. The summed E-state index contributed by atoms with van der Waals surface area (Å²) in [5, 5.41) is 29.1. The van der Waals surface area contributed by atoms with Gasteiger partial charge in [0.15, 0.2) is 11.5 Å². The summed E-state index contributed by atoms with van der Waals surface area (Å²) >= 11 is 0. The van der Waals surface area contributed by atoms with Crippen LogP contribution >= 0.6 is 0 Å². The molecule has 2 N–H and O–H groups in total. The van der Waals surface area contributed by atoms with Crippen molar-refractivity contribution >= 4 is 33.9 Å². The van der Waals surface area contributed by atoms with Crippen LogP contribution in [0.15, 0.2) is 65.0 Å². The first-order chi connectivity index (χ1) is 12.5. The second-order valence-electron chi connectivity index (χ2n) is 5.87. The zero-order valence-electron chi connectivity index (χ0n) is 13.8. The van der Waals surface area contributed by atoms with Crippen molar-refractivity contribution in [2.75, 3.05) is 0 Å². The maximum absolute atomic E-state index is 11.5. The molecule has 128 valence electrons. The Bertz CT molecular complexity index is 1190. The van der Waals surface area contributed by atoms with Crippen molar-refractivity contribution in [1.29, 1.82) is 0 Å². The number of carboxylic acids is 1. The molecule has 0 amide bonds. The number of aromatic carboxylic acids is 1. The van der Waals surface area contributed by atoms with E-state index in [1.165, 1.54) is 0 Å². The van der Waals surface area contributed by atoms with Gasteiger partial charge in [0.2, 0.25) is 0 Å². The number of imidazole rings is 1. The molecule has 0 unspecified atom stereocenters. The van der Waals surface area contributed by atoms with Crippen LogP contribution < -0.4 is 0 Å². The van der Waals surface area contributed by atoms with Gasteiger partial charge in [0.25, 0.3) is 0 Å². The van der Waals surface area contributed by atoms with E-state index in [4.69, 9.17) is 0 Å². The van der Waals surface area contributed by atoms with Crippen molar-refractivity contribution in [2.24, 2.45) is 10.2 Å². The maximum atomic E-state index is 11.5. The standard InChI is InChI=1S/C19H14N4O3/c1-11-8-9-23-16(10-11)20-17(19(25)26)18(23)22-21-14-6-2-5-13-12(14)4-3-7-15(13)24/h2-10,24H,1H3,(H,25,26). The van der Waals surface area contributed by atoms with Gasteiger partial charge in [-0.1, -0.05) is 24.3 Å². The van der Waals surface area contributed by atoms with E-state index < -0.39 is 5.97 Å². The average Bonchev–Trinajstić information content (AvgIpc) is 2.98. The molecule has 0 bridgehead atoms. The lowest BCUT2D eigenvalue weighted by Crippen LogP contribution is -1.96. The van der Waals surface area contributed by atoms with E-state index in [9.17, 15) is 15.0 Å². The lowest BCUT2D eigenvalue weighted by atomic mass is 10.1. The number of azo groups is 1. The number of fused-ring (bicyclic) bond motifs is 2. The van der Waals surface area contributed by atoms with E-state index in [1.807, 2.05) is 19.1 Å². The maximum Gasteiger partial charge on any atom is 0.358 e. The van der Waals surface area contributed by atoms with Crippen molar-refractivity contribution in [2.45, 2.75) is 6.92 Å². The van der Waals surface area contributed by atoms with E-state index in [1.54, 1.807) is 47.0 Å². The SMILES string of the molecule is Cc1ccn2c(N=Nc3cccc4c(O)cccc34)c(C(=O)O)nc2c1. The second kappa shape index (κ2) is 5.96. The largest absolute Gasteiger partial charge is 0.507 e. The number of phenols is 1. The van der Waals surface area contributed by atoms with E-state index >= 15 is 0 Å². The minimum Gasteiger partial charge on any atom is -0.507 e. The highest BCUT2D eigenvalue weighted by atomic mass is 16.4. The second-order valence-corrected chi connectivity index (χ2v) is 5.87. The van der Waals surface area contributed by atoms with Gasteiger partial charge in [-0.15, -0.1) is 10.2 Å². The number of rotatable bonds is 3. The van der Waals surface area contributed by atoms with Crippen LogP contribution in [-0.2, 0) is 0 Å². The van der Waals surface area contributed by atoms with Crippen LogP contribution in [0.1, 0.15) is 16.1 Å². The summed E-state index contributed by atoms with van der Waals surface area (Å²) in [6, 6.07) is 14.0. The van der Waals surface area contributed by atoms with Gasteiger partial charge in [0.1, 0.15) is 11.4 Å². The molecular weight excluding hydrogens is 332 g/mol. The Kier molecular flexibility index (Phi) is 3.62. The van der Waals surface area contributed by atoms with Gasteiger partial charge < -0.3 is 10.2 Å². The van der Waals surface area contributed by atoms with Crippen molar-refractivity contribution in [3.8, 4) is 5.75 Å². The van der Waals surface area contributed by atoms with Gasteiger partial charge in [-0.2, -0.15) is 0 Å². The number of aryl methyl sites for hydroxylation is 1. The molecule has 0 aliphatic carbocycles. The highest BCUT2D eigenvalue weighted by Crippen LogP contribution is 2.33. The lowest BCUT2D eigenvalue weighted by molar-refractivity contribution is 0.0692. The van der Waals surface area contributed by atoms with Crippen molar-refractivity contribution < 1.29 is 15.0 Å². The van der Waals surface area contributed by atoms with Crippen LogP contribution in [0.3, 0.4) is 0 Å². The summed E-state index contributed by atoms with van der Waals surface area (Å²) in [7, 11) is 0. The topological polar surface area (TPSA) is 99.6 Å². The van der Waals surface area contributed by atoms with E-state index in [0.29, 0.717) is 16.7 Å². The summed E-state index contributed by atoms with van der Waals surface area (Å²) in [6.07, 6.45) is 1.72. The van der Waals surface area contributed by atoms with Crippen molar-refractivity contribution in [1.82, 2.24) is 9.38 Å². The molecule has 7 heteroatoms. The summed E-state index contributed by atoms with van der Waals surface area (Å²) < 4.78 is 1.59. The van der Waals surface area contributed by atoms with Crippen molar-refractivity contribution in [3.05, 3.63) is 66.0 Å². The van der Waals surface area contributed by atoms with Crippen LogP contribution in [0.5, 0.6) is 5.75 Å². The molecular formula is C19H14N4O3. The van der Waals surface area contributed by atoms with E-state index in [0.717, 1.165) is 10.9 Å². The highest BCUT2D eigenvalue weighted by molar-refractivity contribution is 5.96. The van der Waals surface area contributed by atoms with Gasteiger partial charge >= 0.3 is 5.97 Å². The number of benzene rings is 2. The number of carbonyl (C=O) groups is 1. The number of hydrogen-bond donors (Lipinski definition) is 2. The number of carboxylic acid groups (broad SMARTS) is 1. The molecule has 4 aromatic rings. The average molecular weight is 346 g/mol.